The lowest BCUT2D eigenvalue weighted by Crippen LogP contribution is -2.37. The van der Waals surface area contributed by atoms with Crippen molar-refractivity contribution >= 4 is 0 Å². The van der Waals surface area contributed by atoms with E-state index < -0.39 is 0 Å². The molecule has 2 rings (SSSR count). The van der Waals surface area contributed by atoms with Gasteiger partial charge >= 0.3 is 0 Å². The molecule has 0 fully saturated rings. The van der Waals surface area contributed by atoms with E-state index in [1.54, 1.807) is 7.11 Å². The van der Waals surface area contributed by atoms with Crippen LogP contribution in [0.15, 0.2) is 10.9 Å². The summed E-state index contributed by atoms with van der Waals surface area (Å²) >= 11 is 0. The van der Waals surface area contributed by atoms with E-state index >= 15 is 0 Å². The third-order valence-corrected chi connectivity index (χ3v) is 4.50. The Morgan fingerprint density at radius 2 is 2.23 bits per heavy atom. The van der Waals surface area contributed by atoms with Crippen LogP contribution < -0.4 is 10.9 Å². The minimum atomic E-state index is 0.169. The van der Waals surface area contributed by atoms with Crippen molar-refractivity contribution in [1.82, 2.24) is 14.8 Å². The summed E-state index contributed by atoms with van der Waals surface area (Å²) in [6.07, 6.45) is 1.94. The lowest BCUT2D eigenvalue weighted by molar-refractivity contribution is 0.199. The summed E-state index contributed by atoms with van der Waals surface area (Å²) in [5.41, 5.74) is 3.57. The van der Waals surface area contributed by atoms with Gasteiger partial charge in [-0.1, -0.05) is 6.92 Å². The van der Waals surface area contributed by atoms with Crippen molar-refractivity contribution < 1.29 is 4.74 Å². The van der Waals surface area contributed by atoms with Gasteiger partial charge in [-0.3, -0.25) is 4.79 Å². The van der Waals surface area contributed by atoms with E-state index in [1.807, 2.05) is 4.57 Å². The lowest BCUT2D eigenvalue weighted by atomic mass is 10.0. The molecule has 0 aliphatic carbocycles. The van der Waals surface area contributed by atoms with Crippen LogP contribution in [0.1, 0.15) is 43.1 Å². The highest BCUT2D eigenvalue weighted by atomic mass is 16.5. The molecule has 0 saturated heterocycles. The van der Waals surface area contributed by atoms with Crippen molar-refractivity contribution in [2.45, 2.75) is 45.8 Å². The fourth-order valence-corrected chi connectivity index (χ4v) is 3.04. The summed E-state index contributed by atoms with van der Waals surface area (Å²) in [5, 5.41) is 3.29. The van der Waals surface area contributed by atoms with Crippen molar-refractivity contribution in [3.05, 3.63) is 33.2 Å². The summed E-state index contributed by atoms with van der Waals surface area (Å²) < 4.78 is 7.08. The Morgan fingerprint density at radius 1 is 1.45 bits per heavy atom. The molecular formula is C17H29N3O2. The third-order valence-electron chi connectivity index (χ3n) is 4.50. The molecular weight excluding hydrogens is 278 g/mol. The number of pyridine rings is 1. The van der Waals surface area contributed by atoms with E-state index in [9.17, 15) is 4.79 Å². The molecule has 1 aromatic rings. The Balaban J connectivity index is 2.34. The minimum absolute atomic E-state index is 0.169. The van der Waals surface area contributed by atoms with Gasteiger partial charge in [0.1, 0.15) is 0 Å². The van der Waals surface area contributed by atoms with Gasteiger partial charge < -0.3 is 19.5 Å². The average molecular weight is 307 g/mol. The Hall–Kier alpha value is -1.17. The van der Waals surface area contributed by atoms with Gasteiger partial charge in [0, 0.05) is 57.0 Å². The molecule has 1 aliphatic rings. The topological polar surface area (TPSA) is 46.5 Å². The maximum atomic E-state index is 12.9. The third kappa shape index (κ3) is 3.77. The van der Waals surface area contributed by atoms with Crippen LogP contribution in [0.5, 0.6) is 0 Å². The molecule has 0 amide bonds. The number of rotatable bonds is 7. The molecule has 2 heterocycles. The highest BCUT2D eigenvalue weighted by molar-refractivity contribution is 5.29. The molecule has 0 radical (unpaired) electrons. The average Bonchev–Trinajstić information content (AvgIpc) is 2.51. The van der Waals surface area contributed by atoms with Crippen LogP contribution in [0.3, 0.4) is 0 Å². The lowest BCUT2D eigenvalue weighted by Gasteiger charge is -2.30. The molecule has 1 aliphatic heterocycles. The predicted molar refractivity (Wildman–Crippen MR) is 89.3 cm³/mol. The van der Waals surface area contributed by atoms with Crippen molar-refractivity contribution in [2.24, 2.45) is 0 Å². The van der Waals surface area contributed by atoms with Crippen LogP contribution >= 0.6 is 0 Å². The molecule has 0 spiro atoms. The first-order valence-electron chi connectivity index (χ1n) is 8.22. The summed E-state index contributed by atoms with van der Waals surface area (Å²) in [6.45, 7) is 8.26. The molecule has 0 saturated carbocycles. The van der Waals surface area contributed by atoms with E-state index in [0.29, 0.717) is 13.2 Å². The second-order valence-electron chi connectivity index (χ2n) is 6.23. The fraction of sp³-hybridized carbons (Fsp3) is 0.706. The Morgan fingerprint density at radius 3 is 2.91 bits per heavy atom. The fourth-order valence-electron chi connectivity index (χ4n) is 3.04. The number of ether oxygens (including phenoxy) is 1. The summed E-state index contributed by atoms with van der Waals surface area (Å²) in [7, 11) is 3.82. The van der Waals surface area contributed by atoms with Gasteiger partial charge in [-0.2, -0.15) is 0 Å². The van der Waals surface area contributed by atoms with E-state index in [-0.39, 0.29) is 11.6 Å². The van der Waals surface area contributed by atoms with Gasteiger partial charge in [-0.15, -0.1) is 0 Å². The van der Waals surface area contributed by atoms with Crippen LogP contribution in [0.25, 0.3) is 0 Å². The number of aromatic nitrogens is 1. The molecule has 0 bridgehead atoms. The number of likely N-dealkylation sites (N-methyl/N-ethyl adjacent to an activating group) is 1. The van der Waals surface area contributed by atoms with Gasteiger partial charge in [0.25, 0.3) is 5.56 Å². The molecule has 1 N–H and O–H groups in total. The van der Waals surface area contributed by atoms with Gasteiger partial charge in [0.2, 0.25) is 0 Å². The quantitative estimate of drug-likeness (QED) is 0.776. The number of fused-ring (bicyclic) bond motifs is 1. The molecule has 5 nitrogen and oxygen atoms in total. The van der Waals surface area contributed by atoms with Crippen molar-refractivity contribution in [1.29, 1.82) is 0 Å². The van der Waals surface area contributed by atoms with Gasteiger partial charge in [-0.05, 0) is 32.0 Å². The van der Waals surface area contributed by atoms with E-state index in [2.05, 4.69) is 37.2 Å². The number of nitrogens with zero attached hydrogens (tertiary/aromatic N) is 2. The molecule has 1 unspecified atom stereocenters. The second kappa shape index (κ2) is 7.90. The number of nitrogens with one attached hydrogen (secondary N) is 1. The van der Waals surface area contributed by atoms with E-state index in [1.165, 1.54) is 11.3 Å². The zero-order valence-corrected chi connectivity index (χ0v) is 14.3. The van der Waals surface area contributed by atoms with Gasteiger partial charge in [0.15, 0.2) is 0 Å². The monoisotopic (exact) mass is 307 g/mol. The van der Waals surface area contributed by atoms with Crippen LogP contribution in [0, 0.1) is 0 Å². The Kier molecular flexibility index (Phi) is 6.17. The Labute approximate surface area is 133 Å². The van der Waals surface area contributed by atoms with Crippen LogP contribution in [0.2, 0.25) is 0 Å². The normalized spacial score (nSPS) is 16.5. The number of methoxy groups -OCH3 is 1. The summed E-state index contributed by atoms with van der Waals surface area (Å²) in [5.74, 6) is 0. The summed E-state index contributed by atoms with van der Waals surface area (Å²) in [4.78, 5) is 15.2. The highest BCUT2D eigenvalue weighted by Crippen LogP contribution is 2.21. The first kappa shape index (κ1) is 17.2. The Bertz CT molecular complexity index is 554. The molecule has 22 heavy (non-hydrogen) atoms. The maximum Gasteiger partial charge on any atom is 0.255 e. The van der Waals surface area contributed by atoms with Crippen molar-refractivity contribution in [2.75, 3.05) is 33.9 Å². The highest BCUT2D eigenvalue weighted by Gasteiger charge is 2.21. The maximum absolute atomic E-state index is 12.9. The van der Waals surface area contributed by atoms with Crippen LogP contribution in [-0.2, 0) is 24.2 Å². The van der Waals surface area contributed by atoms with Gasteiger partial charge in [-0.25, -0.2) is 0 Å². The SMILES string of the molecule is CCC(C)n1c2c(cc(CNCCOC)c1=O)CN(C)CC2. The largest absolute Gasteiger partial charge is 0.383 e. The van der Waals surface area contributed by atoms with E-state index in [4.69, 9.17) is 4.74 Å². The molecule has 0 aromatic carbocycles. The molecule has 1 atom stereocenters. The zero-order chi connectivity index (χ0) is 16.1. The van der Waals surface area contributed by atoms with Crippen molar-refractivity contribution in [3.8, 4) is 0 Å². The van der Waals surface area contributed by atoms with E-state index in [0.717, 1.165) is 38.0 Å². The smallest absolute Gasteiger partial charge is 0.255 e. The predicted octanol–water partition coefficient (Wildman–Crippen LogP) is 1.54. The minimum Gasteiger partial charge on any atom is -0.383 e. The molecule has 124 valence electrons. The zero-order valence-electron chi connectivity index (χ0n) is 14.3. The standard InChI is InChI=1S/C17H29N3O2/c1-5-13(2)20-16-6-8-19(3)12-15(16)10-14(17(20)21)11-18-7-9-22-4/h10,13,18H,5-9,11-12H2,1-4H3. The summed E-state index contributed by atoms with van der Waals surface area (Å²) in [6, 6.07) is 2.36. The second-order valence-corrected chi connectivity index (χ2v) is 6.23. The van der Waals surface area contributed by atoms with Crippen LogP contribution in [0.4, 0.5) is 0 Å². The first-order chi connectivity index (χ1) is 10.6. The number of hydrogen-bond acceptors (Lipinski definition) is 4. The first-order valence-corrected chi connectivity index (χ1v) is 8.22. The van der Waals surface area contributed by atoms with Crippen molar-refractivity contribution in [3.63, 3.8) is 0 Å². The van der Waals surface area contributed by atoms with Gasteiger partial charge in [0.05, 0.1) is 6.61 Å². The molecule has 5 heteroatoms. The molecule has 1 aromatic heterocycles. The van der Waals surface area contributed by atoms with Crippen LogP contribution in [-0.4, -0.2) is 43.3 Å². The number of hydrogen-bond donors (Lipinski definition) is 1.